The number of carboxylic acid groups (broad SMARTS) is 1. The van der Waals surface area contributed by atoms with E-state index in [9.17, 15) is 9.59 Å². The number of hydrogen-bond acceptors (Lipinski definition) is 4. The molecule has 1 rings (SSSR count). The molecule has 0 radical (unpaired) electrons. The number of amides is 1. The van der Waals surface area contributed by atoms with Gasteiger partial charge in [-0.25, -0.2) is 9.78 Å². The molecule has 6 nitrogen and oxygen atoms in total. The van der Waals surface area contributed by atoms with Crippen molar-refractivity contribution in [2.24, 2.45) is 0 Å². The third-order valence-electron chi connectivity index (χ3n) is 2.01. The van der Waals surface area contributed by atoms with E-state index in [0.717, 1.165) is 0 Å². The summed E-state index contributed by atoms with van der Waals surface area (Å²) in [6.45, 7) is -0.323. The van der Waals surface area contributed by atoms with Gasteiger partial charge in [-0.1, -0.05) is 11.6 Å². The fraction of sp³-hybridized carbons (Fsp3) is 0.300. The number of nitrogens with one attached hydrogen (secondary N) is 1. The molecule has 0 spiro atoms. The van der Waals surface area contributed by atoms with Crippen LogP contribution in [0.3, 0.4) is 0 Å². The summed E-state index contributed by atoms with van der Waals surface area (Å²) in [5.41, 5.74) is 0.207. The van der Waals surface area contributed by atoms with Gasteiger partial charge in [0.25, 0.3) is 5.91 Å². The number of nitrogens with zero attached hydrogens (tertiary/aromatic N) is 1. The zero-order valence-corrected chi connectivity index (χ0v) is 9.52. The zero-order valence-electron chi connectivity index (χ0n) is 8.76. The quantitative estimate of drug-likeness (QED) is 0.660. The number of aliphatic hydroxyl groups is 1. The van der Waals surface area contributed by atoms with Crippen molar-refractivity contribution in [3.05, 3.63) is 29.0 Å². The van der Waals surface area contributed by atoms with Gasteiger partial charge in [0.1, 0.15) is 11.2 Å². The number of aromatic nitrogens is 1. The van der Waals surface area contributed by atoms with Gasteiger partial charge in [-0.2, -0.15) is 0 Å². The summed E-state index contributed by atoms with van der Waals surface area (Å²) in [4.78, 5) is 26.1. The highest BCUT2D eigenvalue weighted by Gasteiger charge is 2.19. The van der Waals surface area contributed by atoms with Crippen molar-refractivity contribution < 1.29 is 19.8 Å². The molecule has 1 heterocycles. The van der Waals surface area contributed by atoms with Crippen LogP contribution in [-0.2, 0) is 4.79 Å². The van der Waals surface area contributed by atoms with Crippen LogP contribution in [0.4, 0.5) is 0 Å². The maximum absolute atomic E-state index is 11.6. The number of carbonyl (C=O) groups excluding carboxylic acids is 1. The zero-order chi connectivity index (χ0) is 12.8. The van der Waals surface area contributed by atoms with E-state index in [1.165, 1.54) is 18.3 Å². The molecule has 7 heteroatoms. The van der Waals surface area contributed by atoms with Gasteiger partial charge < -0.3 is 15.5 Å². The van der Waals surface area contributed by atoms with E-state index in [0.29, 0.717) is 0 Å². The Balaban J connectivity index is 2.70. The second-order valence-electron chi connectivity index (χ2n) is 3.25. The highest BCUT2D eigenvalue weighted by Crippen LogP contribution is 2.05. The van der Waals surface area contributed by atoms with Crippen molar-refractivity contribution in [3.63, 3.8) is 0 Å². The first kappa shape index (κ1) is 13.4. The van der Waals surface area contributed by atoms with Crippen molar-refractivity contribution in [2.75, 3.05) is 6.61 Å². The maximum Gasteiger partial charge on any atom is 0.326 e. The summed E-state index contributed by atoms with van der Waals surface area (Å²) in [6.07, 6.45) is 1.19. The number of carbonyl (C=O) groups is 2. The van der Waals surface area contributed by atoms with Gasteiger partial charge in [-0.3, -0.25) is 4.79 Å². The molecule has 0 aromatic carbocycles. The topological polar surface area (TPSA) is 99.5 Å². The third kappa shape index (κ3) is 4.01. The van der Waals surface area contributed by atoms with E-state index in [1.807, 2.05) is 0 Å². The van der Waals surface area contributed by atoms with Crippen molar-refractivity contribution >= 4 is 23.5 Å². The van der Waals surface area contributed by atoms with Gasteiger partial charge in [-0.15, -0.1) is 0 Å². The standard InChI is InChI=1S/C10H11ClN2O4/c11-8-2-1-6(5-12-8)9(15)13-7(3-4-14)10(16)17/h1-2,5,7,14H,3-4H2,(H,13,15)(H,16,17). The molecular formula is C10H11ClN2O4. The van der Waals surface area contributed by atoms with Gasteiger partial charge in [0, 0.05) is 19.2 Å². The van der Waals surface area contributed by atoms with Crippen molar-refractivity contribution in [1.82, 2.24) is 10.3 Å². The van der Waals surface area contributed by atoms with Crippen LogP contribution in [0.25, 0.3) is 0 Å². The number of hydrogen-bond donors (Lipinski definition) is 3. The summed E-state index contributed by atoms with van der Waals surface area (Å²) in [5.74, 6) is -1.77. The van der Waals surface area contributed by atoms with E-state index in [4.69, 9.17) is 21.8 Å². The maximum atomic E-state index is 11.6. The lowest BCUT2D eigenvalue weighted by atomic mass is 10.2. The van der Waals surface area contributed by atoms with Gasteiger partial charge >= 0.3 is 5.97 Å². The van der Waals surface area contributed by atoms with Crippen LogP contribution in [0.1, 0.15) is 16.8 Å². The highest BCUT2D eigenvalue weighted by molar-refractivity contribution is 6.29. The van der Waals surface area contributed by atoms with E-state index in [-0.39, 0.29) is 23.7 Å². The Morgan fingerprint density at radius 3 is 2.65 bits per heavy atom. The van der Waals surface area contributed by atoms with Gasteiger partial charge in [0.2, 0.25) is 0 Å². The second kappa shape index (κ2) is 6.17. The molecule has 0 aliphatic rings. The van der Waals surface area contributed by atoms with E-state index in [2.05, 4.69) is 10.3 Å². The minimum Gasteiger partial charge on any atom is -0.480 e. The number of halogens is 1. The molecular weight excluding hydrogens is 248 g/mol. The van der Waals surface area contributed by atoms with Crippen LogP contribution >= 0.6 is 11.6 Å². The van der Waals surface area contributed by atoms with Crippen LogP contribution in [0, 0.1) is 0 Å². The van der Waals surface area contributed by atoms with Crippen LogP contribution in [0.5, 0.6) is 0 Å². The molecule has 17 heavy (non-hydrogen) atoms. The number of pyridine rings is 1. The summed E-state index contributed by atoms with van der Waals surface area (Å²) >= 11 is 5.55. The Morgan fingerprint density at radius 2 is 2.18 bits per heavy atom. The minimum absolute atomic E-state index is 0.0535. The summed E-state index contributed by atoms with van der Waals surface area (Å²) in [7, 11) is 0. The van der Waals surface area contributed by atoms with E-state index < -0.39 is 17.9 Å². The summed E-state index contributed by atoms with van der Waals surface area (Å²) in [5, 5.41) is 20.0. The normalized spacial score (nSPS) is 11.9. The van der Waals surface area contributed by atoms with Crippen molar-refractivity contribution in [3.8, 4) is 0 Å². The van der Waals surface area contributed by atoms with E-state index in [1.54, 1.807) is 0 Å². The SMILES string of the molecule is O=C(NC(CCO)C(=O)O)c1ccc(Cl)nc1. The molecule has 0 fully saturated rings. The summed E-state index contributed by atoms with van der Waals surface area (Å²) < 4.78 is 0. The highest BCUT2D eigenvalue weighted by atomic mass is 35.5. The predicted octanol–water partition coefficient (Wildman–Crippen LogP) is 0.300. The number of aliphatic hydroxyl groups excluding tert-OH is 1. The molecule has 92 valence electrons. The predicted molar refractivity (Wildman–Crippen MR) is 59.8 cm³/mol. The Bertz CT molecular complexity index is 407. The monoisotopic (exact) mass is 258 g/mol. The Morgan fingerprint density at radius 1 is 1.47 bits per heavy atom. The summed E-state index contributed by atoms with van der Waals surface area (Å²) in [6, 6.07) is 1.74. The van der Waals surface area contributed by atoms with E-state index >= 15 is 0 Å². The molecule has 1 aromatic heterocycles. The van der Waals surface area contributed by atoms with Crippen LogP contribution in [0.2, 0.25) is 5.15 Å². The van der Waals surface area contributed by atoms with Crippen LogP contribution in [-0.4, -0.2) is 39.7 Å². The molecule has 1 aromatic rings. The number of rotatable bonds is 5. The first-order valence-corrected chi connectivity index (χ1v) is 5.18. The Kier molecular flexibility index (Phi) is 4.86. The molecule has 0 saturated carbocycles. The molecule has 1 amide bonds. The molecule has 0 bridgehead atoms. The van der Waals surface area contributed by atoms with Crippen LogP contribution < -0.4 is 5.32 Å². The molecule has 0 aliphatic carbocycles. The smallest absolute Gasteiger partial charge is 0.326 e. The Labute approximate surface area is 102 Å². The molecule has 1 unspecified atom stereocenters. The number of carboxylic acids is 1. The fourth-order valence-corrected chi connectivity index (χ4v) is 1.25. The lowest BCUT2D eigenvalue weighted by Crippen LogP contribution is -2.41. The van der Waals surface area contributed by atoms with Crippen molar-refractivity contribution in [1.29, 1.82) is 0 Å². The average molecular weight is 259 g/mol. The Hall–Kier alpha value is -1.66. The molecule has 3 N–H and O–H groups in total. The molecule has 0 saturated heterocycles. The third-order valence-corrected chi connectivity index (χ3v) is 2.23. The largest absolute Gasteiger partial charge is 0.480 e. The van der Waals surface area contributed by atoms with Gasteiger partial charge in [-0.05, 0) is 12.1 Å². The fourth-order valence-electron chi connectivity index (χ4n) is 1.14. The minimum atomic E-state index is -1.20. The average Bonchev–Trinajstić information content (AvgIpc) is 2.29. The number of aliphatic carboxylic acids is 1. The first-order valence-electron chi connectivity index (χ1n) is 4.80. The van der Waals surface area contributed by atoms with Crippen LogP contribution in [0.15, 0.2) is 18.3 Å². The molecule has 0 aliphatic heterocycles. The second-order valence-corrected chi connectivity index (χ2v) is 3.63. The first-order chi connectivity index (χ1) is 8.04. The van der Waals surface area contributed by atoms with Gasteiger partial charge in [0.05, 0.1) is 5.56 Å². The lowest BCUT2D eigenvalue weighted by molar-refractivity contribution is -0.139. The molecule has 1 atom stereocenters. The lowest BCUT2D eigenvalue weighted by Gasteiger charge is -2.12. The van der Waals surface area contributed by atoms with Crippen molar-refractivity contribution in [2.45, 2.75) is 12.5 Å². The van der Waals surface area contributed by atoms with Gasteiger partial charge in [0.15, 0.2) is 0 Å².